The van der Waals surface area contributed by atoms with Crippen LogP contribution in [0.4, 0.5) is 0 Å². The molecule has 0 radical (unpaired) electrons. The van der Waals surface area contributed by atoms with Crippen molar-refractivity contribution in [1.29, 1.82) is 0 Å². The van der Waals surface area contributed by atoms with Crippen molar-refractivity contribution in [3.8, 4) is 12.8 Å². The second kappa shape index (κ2) is 49.9. The summed E-state index contributed by atoms with van der Waals surface area (Å²) in [6, 6.07) is 0. The van der Waals surface area contributed by atoms with E-state index in [4.69, 9.17) is 19.7 Å². The number of ether oxygens (including phenoxy) is 3. The summed E-state index contributed by atoms with van der Waals surface area (Å²) in [6.45, 7) is 11.2. The Hall–Kier alpha value is -2.21. The van der Waals surface area contributed by atoms with Gasteiger partial charge in [-0.3, -0.25) is 19.2 Å². The van der Waals surface area contributed by atoms with Crippen LogP contribution in [-0.2, 0) is 50.6 Å². The van der Waals surface area contributed by atoms with E-state index in [9.17, 15) is 19.2 Å². The van der Waals surface area contributed by atoms with E-state index in [1.807, 2.05) is 7.05 Å². The van der Waals surface area contributed by atoms with E-state index in [0.717, 1.165) is 97.4 Å². The first kappa shape index (κ1) is 58.1. The summed E-state index contributed by atoms with van der Waals surface area (Å²) < 4.78 is 17.8. The number of esters is 1. The number of hydrogen-bond acceptors (Lipinski definition) is 11. The van der Waals surface area contributed by atoms with Crippen LogP contribution in [0.15, 0.2) is 16.3 Å². The first-order chi connectivity index (χ1) is 24.3. The fourth-order valence-corrected chi connectivity index (χ4v) is 3.93. The molecule has 6 heterocycles. The number of cyclic esters (lactones) is 1. The maximum atomic E-state index is 10.7. The molecule has 0 saturated carbocycles. The SMILES string of the molecule is C.C#C.C1CCOC1.C1CCOC1.C=CN1CCCC1=O.CN.CN1CCCC1=O.O=C1CCCN1.O=C1CCCO1.OCCCCO.P[N]=[V]. The van der Waals surface area contributed by atoms with E-state index in [2.05, 4.69) is 65.4 Å². The first-order valence-corrected chi connectivity index (χ1v) is 18.3. The third kappa shape index (κ3) is 45.8. The topological polar surface area (TPSA) is 193 Å². The molecule has 16 heteroatoms. The second-order valence-corrected chi connectivity index (χ2v) is 11.8. The second-order valence-electron chi connectivity index (χ2n) is 10.5. The van der Waals surface area contributed by atoms with Gasteiger partial charge in [0.1, 0.15) is 0 Å². The zero-order chi connectivity index (χ0) is 38.7. The average molecular weight is 787 g/mol. The van der Waals surface area contributed by atoms with Gasteiger partial charge in [-0.1, -0.05) is 14.0 Å². The van der Waals surface area contributed by atoms with Crippen LogP contribution < -0.4 is 11.1 Å². The number of unbranched alkanes of at least 4 members (excludes halogenated alkanes) is 1. The standard InChI is InChI=1S/C6H9NO.C5H9NO.C4H7NO.C4H6O2.C4H10O2.2C4H8O.C2H2.CH5N.CH4.H2NP.V/c1-2-7-5-3-4-6(7)8;1-6-4-2-3-5(6)7;6-4-2-1-3-5-4;5-4-2-1-3-6-4;5-3-1-2-4-6;2*1-2-4-5-3-1;2*1-2;;1-2;/h2H,1,3-5H2;2-4H2,1H3;1-3H2,(H,5,6);1-3H2;5-6H,1-4H2;2*1-4H2;1-2H;2H2,1H3;1H4;2H2;. The van der Waals surface area contributed by atoms with Crippen LogP contribution in [0.5, 0.6) is 0 Å². The molecule has 14 nitrogen and oxygen atoms in total. The van der Waals surface area contributed by atoms with E-state index >= 15 is 0 Å². The minimum atomic E-state index is -0.0463. The number of nitrogens with two attached hydrogens (primary N) is 1. The Morgan fingerprint density at radius 3 is 1.43 bits per heavy atom. The molecule has 6 aliphatic heterocycles. The van der Waals surface area contributed by atoms with Crippen molar-refractivity contribution in [2.24, 2.45) is 9.29 Å². The maximum absolute atomic E-state index is 10.7. The zero-order valence-electron chi connectivity index (χ0n) is 30.6. The molecule has 0 spiro atoms. The van der Waals surface area contributed by atoms with E-state index in [1.165, 1.54) is 32.7 Å². The van der Waals surface area contributed by atoms with Crippen molar-refractivity contribution in [2.75, 3.05) is 80.0 Å². The molecule has 3 amide bonds. The van der Waals surface area contributed by atoms with E-state index < -0.39 is 0 Å². The van der Waals surface area contributed by atoms with Gasteiger partial charge in [0.2, 0.25) is 17.7 Å². The molecule has 6 rings (SSSR count). The van der Waals surface area contributed by atoms with E-state index in [1.54, 1.807) is 16.0 Å². The number of rotatable bonds is 4. The predicted molar refractivity (Wildman–Crippen MR) is 203 cm³/mol. The number of carbonyl (C=O) groups is 4. The molecule has 0 aromatic rings. The van der Waals surface area contributed by atoms with Gasteiger partial charge in [-0.05, 0) is 77.5 Å². The summed E-state index contributed by atoms with van der Waals surface area (Å²) in [5, 5.41) is 18.9. The van der Waals surface area contributed by atoms with Gasteiger partial charge in [0, 0.05) is 92.0 Å². The van der Waals surface area contributed by atoms with Crippen molar-refractivity contribution in [1.82, 2.24) is 15.1 Å². The van der Waals surface area contributed by atoms with Crippen molar-refractivity contribution < 1.29 is 60.8 Å². The van der Waals surface area contributed by atoms with Crippen LogP contribution in [0, 0.1) is 12.8 Å². The van der Waals surface area contributed by atoms with Crippen LogP contribution >= 0.6 is 9.39 Å². The van der Waals surface area contributed by atoms with Gasteiger partial charge in [-0.15, -0.1) is 12.8 Å². The summed E-state index contributed by atoms with van der Waals surface area (Å²) in [5.74, 6) is 0.657. The van der Waals surface area contributed by atoms with E-state index in [0.29, 0.717) is 25.4 Å². The minimum absolute atomic E-state index is 0. The molecular formula is C35H70N5O9PV. The summed E-state index contributed by atoms with van der Waals surface area (Å²) in [7, 11) is 5.52. The molecule has 5 N–H and O–H groups in total. The molecule has 0 bridgehead atoms. The number of aliphatic hydroxyl groups excluding tert-OH is 2. The average Bonchev–Trinajstić information content (AvgIpc) is 3.99. The van der Waals surface area contributed by atoms with Crippen LogP contribution in [0.1, 0.15) is 97.3 Å². The Morgan fingerprint density at radius 2 is 1.29 bits per heavy atom. The zero-order valence-corrected chi connectivity index (χ0v) is 33.2. The molecule has 299 valence electrons. The fourth-order valence-electron chi connectivity index (χ4n) is 3.93. The van der Waals surface area contributed by atoms with Gasteiger partial charge < -0.3 is 45.3 Å². The van der Waals surface area contributed by atoms with E-state index in [-0.39, 0.29) is 38.4 Å². The normalized spacial score (nSPS) is 17.1. The van der Waals surface area contributed by atoms with Crippen molar-refractivity contribution in [3.05, 3.63) is 12.8 Å². The summed E-state index contributed by atoms with van der Waals surface area (Å²) >= 11 is 2.05. The number of nitrogens with zero attached hydrogens (tertiary/aromatic N) is 3. The summed E-state index contributed by atoms with van der Waals surface area (Å²) in [4.78, 5) is 44.7. The number of amides is 3. The Balaban J connectivity index is -0.000000157. The molecule has 1 atom stereocenters. The van der Waals surface area contributed by atoms with Gasteiger partial charge in [0.25, 0.3) is 0 Å². The predicted octanol–water partition coefficient (Wildman–Crippen LogP) is 3.52. The Bertz CT molecular complexity index is 785. The van der Waals surface area contributed by atoms with Crippen LogP contribution in [0.3, 0.4) is 0 Å². The third-order valence-electron chi connectivity index (χ3n) is 6.55. The first-order valence-electron chi connectivity index (χ1n) is 17.2. The Kier molecular flexibility index (Phi) is 56.9. The summed E-state index contributed by atoms with van der Waals surface area (Å²) in [6.07, 6.45) is 22.9. The molecule has 6 fully saturated rings. The van der Waals surface area contributed by atoms with Crippen LogP contribution in [0.25, 0.3) is 0 Å². The van der Waals surface area contributed by atoms with Crippen molar-refractivity contribution >= 4 is 33.1 Å². The molecule has 51 heavy (non-hydrogen) atoms. The molecule has 6 saturated heterocycles. The van der Waals surface area contributed by atoms with Crippen molar-refractivity contribution in [3.63, 3.8) is 0 Å². The van der Waals surface area contributed by atoms with Gasteiger partial charge in [-0.25, -0.2) is 0 Å². The quantitative estimate of drug-likeness (QED) is 0.142. The molecule has 0 aromatic carbocycles. The monoisotopic (exact) mass is 786 g/mol. The molecular weight excluding hydrogens is 716 g/mol. The molecule has 1 unspecified atom stereocenters. The number of aliphatic hydroxyl groups is 2. The van der Waals surface area contributed by atoms with Gasteiger partial charge in [-0.2, -0.15) is 0 Å². The number of nitrogens with one attached hydrogen (secondary N) is 1. The Morgan fingerprint density at radius 1 is 0.824 bits per heavy atom. The van der Waals surface area contributed by atoms with Crippen molar-refractivity contribution in [2.45, 2.75) is 97.3 Å². The number of likely N-dealkylation sites (tertiary alicyclic amines) is 2. The number of terminal acetylenes is 1. The summed E-state index contributed by atoms with van der Waals surface area (Å²) in [5.41, 5.74) is 4.50. The molecule has 0 aliphatic carbocycles. The van der Waals surface area contributed by atoms with Gasteiger partial charge >= 0.3 is 36.2 Å². The fraction of sp³-hybridized carbons (Fsp3) is 0.771. The Labute approximate surface area is 320 Å². The molecule has 0 aromatic heterocycles. The van der Waals surface area contributed by atoms with Crippen LogP contribution in [-0.4, -0.2) is 124 Å². The third-order valence-corrected chi connectivity index (χ3v) is 6.55. The van der Waals surface area contributed by atoms with Crippen LogP contribution in [0.2, 0.25) is 0 Å². The van der Waals surface area contributed by atoms with Gasteiger partial charge in [0.15, 0.2) is 0 Å². The molecule has 6 aliphatic rings. The number of carbonyl (C=O) groups excluding carboxylic acids is 4. The number of hydrogen-bond donors (Lipinski definition) is 4. The van der Waals surface area contributed by atoms with Gasteiger partial charge in [0.05, 0.1) is 6.61 Å².